The van der Waals surface area contributed by atoms with Crippen LogP contribution < -0.4 is 5.32 Å². The Morgan fingerprint density at radius 2 is 2.12 bits per heavy atom. The molecule has 0 saturated heterocycles. The van der Waals surface area contributed by atoms with Crippen LogP contribution >= 0.6 is 11.6 Å². The molecule has 26 heavy (non-hydrogen) atoms. The van der Waals surface area contributed by atoms with Gasteiger partial charge in [-0.1, -0.05) is 31.0 Å². The number of unbranched alkanes of at least 4 members (excludes halogenated alkanes) is 1. The highest BCUT2D eigenvalue weighted by Crippen LogP contribution is 2.38. The number of nitrogens with one attached hydrogen (secondary N) is 1. The lowest BCUT2D eigenvalue weighted by molar-refractivity contribution is -0.121. The van der Waals surface area contributed by atoms with Crippen molar-refractivity contribution in [3.63, 3.8) is 0 Å². The minimum atomic E-state index is -0.558. The molecule has 2 aromatic heterocycles. The SMILES string of the molecule is CCCCC(=O)NC(c1cccnc1)c1cc(Cl)c2cccnc2c1O. The van der Waals surface area contributed by atoms with E-state index >= 15 is 0 Å². The minimum absolute atomic E-state index is 0.00893. The fraction of sp³-hybridized carbons (Fsp3) is 0.250. The number of hydrogen-bond donors (Lipinski definition) is 2. The summed E-state index contributed by atoms with van der Waals surface area (Å²) in [6.07, 6.45) is 7.09. The maximum absolute atomic E-state index is 12.4. The van der Waals surface area contributed by atoms with Crippen LogP contribution in [0.2, 0.25) is 5.02 Å². The average Bonchev–Trinajstić information content (AvgIpc) is 2.68. The number of aromatic hydroxyl groups is 1. The predicted octanol–water partition coefficient (Wildman–Crippen LogP) is 4.38. The van der Waals surface area contributed by atoms with Crippen LogP contribution in [0.25, 0.3) is 10.9 Å². The average molecular weight is 370 g/mol. The summed E-state index contributed by atoms with van der Waals surface area (Å²) in [4.78, 5) is 20.7. The first-order valence-electron chi connectivity index (χ1n) is 8.57. The van der Waals surface area contributed by atoms with E-state index in [0.717, 1.165) is 18.4 Å². The number of benzene rings is 1. The quantitative estimate of drug-likeness (QED) is 0.675. The number of halogens is 1. The van der Waals surface area contributed by atoms with E-state index in [9.17, 15) is 9.90 Å². The summed E-state index contributed by atoms with van der Waals surface area (Å²) in [6.45, 7) is 2.03. The molecule has 1 atom stereocenters. The molecular weight excluding hydrogens is 350 g/mol. The molecular formula is C20H20ClN3O2. The van der Waals surface area contributed by atoms with Crippen LogP contribution in [0.15, 0.2) is 48.9 Å². The molecule has 0 spiro atoms. The zero-order chi connectivity index (χ0) is 18.5. The van der Waals surface area contributed by atoms with Crippen LogP contribution in [0.3, 0.4) is 0 Å². The molecule has 1 amide bonds. The van der Waals surface area contributed by atoms with E-state index in [2.05, 4.69) is 15.3 Å². The Balaban J connectivity index is 2.08. The van der Waals surface area contributed by atoms with Crippen LogP contribution in [0, 0.1) is 0 Å². The Hall–Kier alpha value is -2.66. The normalized spacial score (nSPS) is 12.1. The predicted molar refractivity (Wildman–Crippen MR) is 102 cm³/mol. The lowest BCUT2D eigenvalue weighted by Crippen LogP contribution is -2.29. The number of amides is 1. The molecule has 2 N–H and O–H groups in total. The molecule has 0 aliphatic carbocycles. The second kappa shape index (κ2) is 8.15. The third-order valence-electron chi connectivity index (χ3n) is 4.24. The highest BCUT2D eigenvalue weighted by atomic mass is 35.5. The molecule has 5 nitrogen and oxygen atoms in total. The molecule has 3 rings (SSSR count). The lowest BCUT2D eigenvalue weighted by Gasteiger charge is -2.21. The van der Waals surface area contributed by atoms with Crippen molar-refractivity contribution in [2.24, 2.45) is 0 Å². The first kappa shape index (κ1) is 18.1. The van der Waals surface area contributed by atoms with E-state index in [1.807, 2.05) is 13.0 Å². The molecule has 2 heterocycles. The van der Waals surface area contributed by atoms with Crippen LogP contribution in [0.1, 0.15) is 43.4 Å². The molecule has 0 bridgehead atoms. The van der Waals surface area contributed by atoms with Crippen molar-refractivity contribution < 1.29 is 9.90 Å². The van der Waals surface area contributed by atoms with Gasteiger partial charge in [-0.25, -0.2) is 0 Å². The van der Waals surface area contributed by atoms with Gasteiger partial charge < -0.3 is 10.4 Å². The van der Waals surface area contributed by atoms with E-state index in [4.69, 9.17) is 11.6 Å². The van der Waals surface area contributed by atoms with Gasteiger partial charge in [0.05, 0.1) is 11.1 Å². The summed E-state index contributed by atoms with van der Waals surface area (Å²) < 4.78 is 0. The summed E-state index contributed by atoms with van der Waals surface area (Å²) in [5.74, 6) is -0.0769. The van der Waals surface area contributed by atoms with E-state index in [1.54, 1.807) is 42.9 Å². The summed E-state index contributed by atoms with van der Waals surface area (Å²) in [5.41, 5.74) is 1.67. The number of nitrogens with zero attached hydrogens (tertiary/aromatic N) is 2. The van der Waals surface area contributed by atoms with Gasteiger partial charge in [-0.05, 0) is 36.2 Å². The fourth-order valence-electron chi connectivity index (χ4n) is 2.88. The monoisotopic (exact) mass is 369 g/mol. The van der Waals surface area contributed by atoms with Gasteiger partial charge in [-0.2, -0.15) is 0 Å². The lowest BCUT2D eigenvalue weighted by atomic mass is 9.97. The molecule has 0 aliphatic rings. The number of phenols is 1. The zero-order valence-corrected chi connectivity index (χ0v) is 15.2. The Morgan fingerprint density at radius 1 is 1.31 bits per heavy atom. The van der Waals surface area contributed by atoms with Crippen LogP contribution in [0.5, 0.6) is 5.75 Å². The van der Waals surface area contributed by atoms with Crippen molar-refractivity contribution in [3.05, 3.63) is 65.1 Å². The molecule has 0 radical (unpaired) electrons. The smallest absolute Gasteiger partial charge is 0.220 e. The number of pyridine rings is 2. The molecule has 6 heteroatoms. The minimum Gasteiger partial charge on any atom is -0.505 e. The van der Waals surface area contributed by atoms with E-state index in [-0.39, 0.29) is 11.7 Å². The van der Waals surface area contributed by atoms with E-state index in [1.165, 1.54) is 0 Å². The van der Waals surface area contributed by atoms with E-state index < -0.39 is 6.04 Å². The Bertz CT molecular complexity index is 916. The standard InChI is InChI=1S/C20H20ClN3O2/c1-2-3-8-17(25)24-18(13-6-4-9-22-12-13)15-11-16(21)14-7-5-10-23-19(14)20(15)26/h4-7,9-12,18,26H,2-3,8H2,1H3,(H,24,25). The highest BCUT2D eigenvalue weighted by molar-refractivity contribution is 6.35. The van der Waals surface area contributed by atoms with Gasteiger partial charge in [0.1, 0.15) is 11.3 Å². The number of carbonyl (C=O) groups excluding carboxylic acids is 1. The largest absolute Gasteiger partial charge is 0.505 e. The maximum atomic E-state index is 12.4. The Labute approximate surface area is 157 Å². The highest BCUT2D eigenvalue weighted by Gasteiger charge is 2.23. The van der Waals surface area contributed by atoms with Crippen molar-refractivity contribution in [1.82, 2.24) is 15.3 Å². The van der Waals surface area contributed by atoms with Crippen molar-refractivity contribution >= 4 is 28.4 Å². The first-order chi connectivity index (χ1) is 12.6. The number of aromatic nitrogens is 2. The number of hydrogen-bond acceptors (Lipinski definition) is 4. The van der Waals surface area contributed by atoms with Gasteiger partial charge in [-0.15, -0.1) is 0 Å². The summed E-state index contributed by atoms with van der Waals surface area (Å²) >= 11 is 6.41. The number of fused-ring (bicyclic) bond motifs is 1. The van der Waals surface area contributed by atoms with Crippen LogP contribution in [-0.2, 0) is 4.79 Å². The van der Waals surface area contributed by atoms with Crippen LogP contribution in [0.4, 0.5) is 0 Å². The molecule has 1 aromatic carbocycles. The summed E-state index contributed by atoms with van der Waals surface area (Å²) in [5, 5.41) is 14.9. The van der Waals surface area contributed by atoms with Gasteiger partial charge in [0.2, 0.25) is 5.91 Å². The number of phenolic OH excluding ortho intramolecular Hbond substituents is 1. The Kier molecular flexibility index (Phi) is 5.68. The molecule has 0 saturated carbocycles. The van der Waals surface area contributed by atoms with Gasteiger partial charge in [0, 0.05) is 36.0 Å². The van der Waals surface area contributed by atoms with Gasteiger partial charge in [-0.3, -0.25) is 14.8 Å². The van der Waals surface area contributed by atoms with Crippen molar-refractivity contribution in [1.29, 1.82) is 0 Å². The third-order valence-corrected chi connectivity index (χ3v) is 4.55. The zero-order valence-electron chi connectivity index (χ0n) is 14.4. The number of rotatable bonds is 6. The molecule has 3 aromatic rings. The Morgan fingerprint density at radius 3 is 2.85 bits per heavy atom. The molecule has 134 valence electrons. The third kappa shape index (κ3) is 3.78. The van der Waals surface area contributed by atoms with Gasteiger partial charge in [0.15, 0.2) is 0 Å². The van der Waals surface area contributed by atoms with Crippen molar-refractivity contribution in [3.8, 4) is 5.75 Å². The topological polar surface area (TPSA) is 75.1 Å². The van der Waals surface area contributed by atoms with Crippen molar-refractivity contribution in [2.45, 2.75) is 32.2 Å². The second-order valence-corrected chi connectivity index (χ2v) is 6.49. The maximum Gasteiger partial charge on any atom is 0.220 e. The molecule has 1 unspecified atom stereocenters. The molecule has 0 aliphatic heterocycles. The first-order valence-corrected chi connectivity index (χ1v) is 8.95. The molecule has 0 fully saturated rings. The summed E-state index contributed by atoms with van der Waals surface area (Å²) in [7, 11) is 0. The van der Waals surface area contributed by atoms with Gasteiger partial charge in [0.25, 0.3) is 0 Å². The number of carbonyl (C=O) groups is 1. The summed E-state index contributed by atoms with van der Waals surface area (Å²) in [6, 6.07) is 8.33. The van der Waals surface area contributed by atoms with Crippen LogP contribution in [-0.4, -0.2) is 21.0 Å². The van der Waals surface area contributed by atoms with Crippen molar-refractivity contribution in [2.75, 3.05) is 0 Å². The fourth-order valence-corrected chi connectivity index (χ4v) is 3.15. The van der Waals surface area contributed by atoms with E-state index in [0.29, 0.717) is 27.9 Å². The van der Waals surface area contributed by atoms with Gasteiger partial charge >= 0.3 is 0 Å². The second-order valence-electron chi connectivity index (χ2n) is 6.09.